The minimum atomic E-state index is -3.51. The second-order valence-electron chi connectivity index (χ2n) is 6.01. The van der Waals surface area contributed by atoms with E-state index in [-0.39, 0.29) is 29.4 Å². The third-order valence-corrected chi connectivity index (χ3v) is 7.69. The first-order valence-electron chi connectivity index (χ1n) is 8.34. The lowest BCUT2D eigenvalue weighted by molar-refractivity contribution is -0.120. The van der Waals surface area contributed by atoms with E-state index in [0.717, 1.165) is 19.3 Å². The predicted octanol–water partition coefficient (Wildman–Crippen LogP) is 0.782. The molecule has 0 aliphatic carbocycles. The monoisotopic (exact) mass is 388 g/mol. The Hall–Kier alpha value is -1.45. The molecule has 1 amide bonds. The largest absolute Gasteiger partial charge is 0.355 e. The molecule has 1 N–H and O–H groups in total. The second-order valence-corrected chi connectivity index (χ2v) is 10.2. The van der Waals surface area contributed by atoms with Crippen LogP contribution >= 0.6 is 0 Å². The molecule has 1 aromatic rings. The molecule has 0 unspecified atom stereocenters. The molecule has 0 bridgehead atoms. The summed E-state index contributed by atoms with van der Waals surface area (Å²) in [5.41, 5.74) is 0. The molecule has 1 saturated heterocycles. The molecule has 0 saturated carbocycles. The number of sulfonamides is 1. The molecule has 0 spiro atoms. The van der Waals surface area contributed by atoms with Crippen LogP contribution in [-0.2, 0) is 24.7 Å². The summed E-state index contributed by atoms with van der Waals surface area (Å²) < 4.78 is 49.9. The zero-order valence-electron chi connectivity index (χ0n) is 14.1. The Morgan fingerprint density at radius 1 is 0.960 bits per heavy atom. The number of amides is 1. The summed E-state index contributed by atoms with van der Waals surface area (Å²) in [6.07, 6.45) is 2.57. The second kappa shape index (κ2) is 8.77. The quantitative estimate of drug-likeness (QED) is 0.709. The van der Waals surface area contributed by atoms with Crippen LogP contribution in [0.25, 0.3) is 0 Å². The highest BCUT2D eigenvalue weighted by Crippen LogP contribution is 2.13. The van der Waals surface area contributed by atoms with Crippen molar-refractivity contribution in [3.63, 3.8) is 0 Å². The summed E-state index contributed by atoms with van der Waals surface area (Å²) in [6.45, 7) is 1.06. The van der Waals surface area contributed by atoms with Crippen LogP contribution in [0.1, 0.15) is 25.7 Å². The van der Waals surface area contributed by atoms with Gasteiger partial charge in [0.15, 0.2) is 9.84 Å². The molecule has 1 aliphatic heterocycles. The van der Waals surface area contributed by atoms with Gasteiger partial charge in [-0.25, -0.2) is 21.1 Å². The Morgan fingerprint density at radius 2 is 1.60 bits per heavy atom. The van der Waals surface area contributed by atoms with E-state index in [1.807, 2.05) is 0 Å². The van der Waals surface area contributed by atoms with Crippen LogP contribution in [0.3, 0.4) is 0 Å². The molecule has 1 heterocycles. The van der Waals surface area contributed by atoms with E-state index < -0.39 is 25.8 Å². The van der Waals surface area contributed by atoms with Crippen molar-refractivity contribution in [1.82, 2.24) is 9.62 Å². The van der Waals surface area contributed by atoms with Crippen LogP contribution < -0.4 is 5.32 Å². The van der Waals surface area contributed by atoms with Gasteiger partial charge < -0.3 is 5.32 Å². The van der Waals surface area contributed by atoms with Crippen molar-refractivity contribution in [2.45, 2.75) is 30.6 Å². The molecular weight excluding hydrogens is 364 g/mol. The summed E-state index contributed by atoms with van der Waals surface area (Å²) in [6, 6.07) is 7.93. The smallest absolute Gasteiger partial charge is 0.221 e. The van der Waals surface area contributed by atoms with Gasteiger partial charge in [0.1, 0.15) is 0 Å². The van der Waals surface area contributed by atoms with Gasteiger partial charge in [0, 0.05) is 26.1 Å². The zero-order valence-corrected chi connectivity index (χ0v) is 15.7. The Balaban J connectivity index is 1.75. The van der Waals surface area contributed by atoms with Gasteiger partial charge in [0.25, 0.3) is 0 Å². The van der Waals surface area contributed by atoms with Gasteiger partial charge in [-0.3, -0.25) is 4.79 Å². The highest BCUT2D eigenvalue weighted by molar-refractivity contribution is 7.91. The standard InChI is InChI=1S/C16H24N2O5S2/c19-16(9-13-24(20,21)15-7-3-1-4-8-15)17-10-14-25(22,23)18-11-5-2-6-12-18/h1,3-4,7-8H,2,5-6,9-14H2,(H,17,19). The van der Waals surface area contributed by atoms with Gasteiger partial charge in [0.05, 0.1) is 16.4 Å². The van der Waals surface area contributed by atoms with E-state index in [1.165, 1.54) is 16.4 Å². The van der Waals surface area contributed by atoms with Gasteiger partial charge in [0.2, 0.25) is 15.9 Å². The number of carbonyl (C=O) groups is 1. The van der Waals surface area contributed by atoms with Crippen LogP contribution in [0, 0.1) is 0 Å². The number of piperidine rings is 1. The molecule has 140 valence electrons. The van der Waals surface area contributed by atoms with Crippen molar-refractivity contribution in [3.05, 3.63) is 30.3 Å². The van der Waals surface area contributed by atoms with Crippen molar-refractivity contribution in [3.8, 4) is 0 Å². The van der Waals surface area contributed by atoms with Gasteiger partial charge in [-0.2, -0.15) is 0 Å². The molecule has 0 atom stereocenters. The van der Waals surface area contributed by atoms with Crippen molar-refractivity contribution in [1.29, 1.82) is 0 Å². The van der Waals surface area contributed by atoms with Gasteiger partial charge >= 0.3 is 0 Å². The fraction of sp³-hybridized carbons (Fsp3) is 0.562. The molecule has 9 heteroatoms. The first kappa shape index (κ1) is 19.9. The van der Waals surface area contributed by atoms with Crippen molar-refractivity contribution in [2.24, 2.45) is 0 Å². The molecular formula is C16H24N2O5S2. The Bertz CT molecular complexity index is 770. The topological polar surface area (TPSA) is 101 Å². The van der Waals surface area contributed by atoms with E-state index in [0.29, 0.717) is 13.1 Å². The number of rotatable bonds is 8. The number of nitrogens with one attached hydrogen (secondary N) is 1. The Morgan fingerprint density at radius 3 is 2.24 bits per heavy atom. The molecule has 1 aromatic carbocycles. The van der Waals surface area contributed by atoms with Gasteiger partial charge in [-0.05, 0) is 25.0 Å². The van der Waals surface area contributed by atoms with E-state index in [2.05, 4.69) is 5.32 Å². The van der Waals surface area contributed by atoms with Gasteiger partial charge in [-0.1, -0.05) is 24.6 Å². The average Bonchev–Trinajstić information content (AvgIpc) is 2.61. The van der Waals surface area contributed by atoms with E-state index in [4.69, 9.17) is 0 Å². The number of benzene rings is 1. The van der Waals surface area contributed by atoms with Crippen LogP contribution in [0.2, 0.25) is 0 Å². The fourth-order valence-electron chi connectivity index (χ4n) is 2.65. The summed E-state index contributed by atoms with van der Waals surface area (Å²) >= 11 is 0. The Labute approximate surface area is 149 Å². The normalized spacial score (nSPS) is 16.5. The maximum absolute atomic E-state index is 12.1. The van der Waals surface area contributed by atoms with Crippen molar-refractivity contribution < 1.29 is 21.6 Å². The third-order valence-electron chi connectivity index (χ3n) is 4.09. The first-order valence-corrected chi connectivity index (χ1v) is 11.6. The molecule has 1 fully saturated rings. The highest BCUT2D eigenvalue weighted by Gasteiger charge is 2.23. The third kappa shape index (κ3) is 6.09. The van der Waals surface area contributed by atoms with E-state index in [1.54, 1.807) is 18.2 Å². The van der Waals surface area contributed by atoms with Crippen molar-refractivity contribution >= 4 is 25.8 Å². The predicted molar refractivity (Wildman–Crippen MR) is 95.3 cm³/mol. The number of hydrogen-bond donors (Lipinski definition) is 1. The molecule has 2 rings (SSSR count). The molecule has 0 aromatic heterocycles. The molecule has 1 aliphatic rings. The van der Waals surface area contributed by atoms with Crippen LogP contribution in [0.4, 0.5) is 0 Å². The van der Waals surface area contributed by atoms with Crippen LogP contribution in [0.15, 0.2) is 35.2 Å². The lowest BCUT2D eigenvalue weighted by Crippen LogP contribution is -2.40. The average molecular weight is 389 g/mol. The minimum Gasteiger partial charge on any atom is -0.355 e. The molecule has 0 radical (unpaired) electrons. The minimum absolute atomic E-state index is 0.0109. The maximum atomic E-state index is 12.1. The summed E-state index contributed by atoms with van der Waals surface area (Å²) in [5.74, 6) is -0.931. The van der Waals surface area contributed by atoms with E-state index in [9.17, 15) is 21.6 Å². The number of hydrogen-bond acceptors (Lipinski definition) is 5. The number of carbonyl (C=O) groups excluding carboxylic acids is 1. The Kier molecular flexibility index (Phi) is 6.97. The lowest BCUT2D eigenvalue weighted by Gasteiger charge is -2.25. The lowest BCUT2D eigenvalue weighted by atomic mass is 10.2. The summed E-state index contributed by atoms with van der Waals surface area (Å²) in [7, 11) is -6.88. The number of sulfone groups is 1. The van der Waals surface area contributed by atoms with Crippen LogP contribution in [0.5, 0.6) is 0 Å². The summed E-state index contributed by atoms with van der Waals surface area (Å²) in [5, 5.41) is 2.49. The SMILES string of the molecule is O=C(CCS(=O)(=O)c1ccccc1)NCCS(=O)(=O)N1CCCCC1. The van der Waals surface area contributed by atoms with Crippen molar-refractivity contribution in [2.75, 3.05) is 31.1 Å². The fourth-order valence-corrected chi connectivity index (χ4v) is 5.35. The molecule has 25 heavy (non-hydrogen) atoms. The van der Waals surface area contributed by atoms with Crippen LogP contribution in [-0.4, -0.2) is 58.2 Å². The van der Waals surface area contributed by atoms with E-state index >= 15 is 0 Å². The molecule has 7 nitrogen and oxygen atoms in total. The first-order chi connectivity index (χ1) is 11.8. The van der Waals surface area contributed by atoms with Gasteiger partial charge in [-0.15, -0.1) is 0 Å². The maximum Gasteiger partial charge on any atom is 0.221 e. The summed E-state index contributed by atoms with van der Waals surface area (Å²) in [4.78, 5) is 12.0. The highest BCUT2D eigenvalue weighted by atomic mass is 32.2. The number of nitrogens with zero attached hydrogens (tertiary/aromatic N) is 1. The zero-order chi connectivity index (χ0) is 18.3.